The second-order valence-electron chi connectivity index (χ2n) is 11.4. The Labute approximate surface area is 249 Å². The summed E-state index contributed by atoms with van der Waals surface area (Å²) < 4.78 is 34.5. The predicted molar refractivity (Wildman–Crippen MR) is 166 cm³/mol. The van der Waals surface area contributed by atoms with Gasteiger partial charge in [0.15, 0.2) is 6.29 Å². The maximum Gasteiger partial charge on any atom is 0.245 e. The number of likely N-dealkylation sites (tertiary alicyclic amines) is 1. The van der Waals surface area contributed by atoms with Gasteiger partial charge in [0, 0.05) is 19.3 Å². The van der Waals surface area contributed by atoms with Crippen molar-refractivity contribution < 1.29 is 13.2 Å². The molecular weight excluding hydrogens is 560 g/mol. The molecule has 222 valence electrons. The van der Waals surface area contributed by atoms with Gasteiger partial charge in [0.2, 0.25) is 10.0 Å². The quantitative estimate of drug-likeness (QED) is 0.361. The molecule has 0 amide bonds. The van der Waals surface area contributed by atoms with Gasteiger partial charge in [-0.2, -0.15) is 4.31 Å². The van der Waals surface area contributed by atoms with Crippen molar-refractivity contribution in [2.24, 2.45) is 4.99 Å². The molecule has 2 fully saturated rings. The van der Waals surface area contributed by atoms with Gasteiger partial charge in [-0.1, -0.05) is 23.7 Å². The monoisotopic (exact) mass is 600 g/mol. The van der Waals surface area contributed by atoms with Crippen LogP contribution >= 0.6 is 11.6 Å². The molecular formula is C30H41ClN6O3S. The average Bonchev–Trinajstić information content (AvgIpc) is 3.49. The highest BCUT2D eigenvalue weighted by molar-refractivity contribution is 7.89. The van der Waals surface area contributed by atoms with E-state index in [1.54, 1.807) is 30.5 Å². The van der Waals surface area contributed by atoms with E-state index < -0.39 is 16.3 Å². The zero-order chi connectivity index (χ0) is 29.1. The summed E-state index contributed by atoms with van der Waals surface area (Å²) in [6, 6.07) is 11.2. The van der Waals surface area contributed by atoms with Gasteiger partial charge < -0.3 is 25.6 Å². The van der Waals surface area contributed by atoms with Gasteiger partial charge >= 0.3 is 0 Å². The van der Waals surface area contributed by atoms with Crippen molar-refractivity contribution in [3.8, 4) is 5.75 Å². The molecule has 9 nitrogen and oxygen atoms in total. The molecule has 3 N–H and O–H groups in total. The van der Waals surface area contributed by atoms with E-state index in [1.807, 2.05) is 13.8 Å². The lowest BCUT2D eigenvalue weighted by molar-refractivity contribution is 0.240. The lowest BCUT2D eigenvalue weighted by atomic mass is 9.86. The summed E-state index contributed by atoms with van der Waals surface area (Å²) in [5.41, 5.74) is 3.83. The van der Waals surface area contributed by atoms with Crippen molar-refractivity contribution in [2.45, 2.75) is 69.7 Å². The average molecular weight is 601 g/mol. The summed E-state index contributed by atoms with van der Waals surface area (Å²) >= 11 is 6.53. The van der Waals surface area contributed by atoms with Crippen LogP contribution in [0.1, 0.15) is 56.6 Å². The number of aliphatic imine (C=N–C) groups is 1. The number of rotatable bonds is 9. The van der Waals surface area contributed by atoms with Crippen LogP contribution < -0.4 is 20.7 Å². The van der Waals surface area contributed by atoms with Crippen LogP contribution in [0.15, 0.2) is 57.1 Å². The number of hydrogen-bond donors (Lipinski definition) is 3. The second kappa shape index (κ2) is 12.6. The number of aryl methyl sites for hydroxylation is 1. The summed E-state index contributed by atoms with van der Waals surface area (Å²) in [5.74, 6) is 1.76. The lowest BCUT2D eigenvalue weighted by Crippen LogP contribution is -2.39. The van der Waals surface area contributed by atoms with E-state index in [1.165, 1.54) is 15.4 Å². The molecule has 0 spiro atoms. The van der Waals surface area contributed by atoms with Gasteiger partial charge in [-0.05, 0) is 108 Å². The van der Waals surface area contributed by atoms with E-state index in [0.29, 0.717) is 35.5 Å². The van der Waals surface area contributed by atoms with Crippen LogP contribution in [0.2, 0.25) is 0 Å². The van der Waals surface area contributed by atoms with Gasteiger partial charge in [0.1, 0.15) is 16.5 Å². The Balaban J connectivity index is 1.35. The molecule has 0 radical (unpaired) electrons. The minimum absolute atomic E-state index is 0.00652. The molecule has 11 heteroatoms. The number of hydrogen-bond acceptors (Lipinski definition) is 8. The third-order valence-electron chi connectivity index (χ3n) is 7.87. The molecule has 2 aromatic rings. The number of halogens is 1. The van der Waals surface area contributed by atoms with Crippen molar-refractivity contribution in [1.82, 2.24) is 14.5 Å². The number of allylic oxidation sites excluding steroid dienone is 1. The molecule has 3 aliphatic heterocycles. The number of para-hydroxylation sites is 1. The molecule has 0 aliphatic carbocycles. The zero-order valence-corrected chi connectivity index (χ0v) is 25.9. The van der Waals surface area contributed by atoms with E-state index >= 15 is 0 Å². The predicted octanol–water partition coefficient (Wildman–Crippen LogP) is 5.27. The van der Waals surface area contributed by atoms with Gasteiger partial charge in [0.25, 0.3) is 0 Å². The van der Waals surface area contributed by atoms with Crippen LogP contribution in [-0.2, 0) is 10.0 Å². The number of ether oxygens (including phenoxy) is 1. The first-order chi connectivity index (χ1) is 19.6. The van der Waals surface area contributed by atoms with Crippen LogP contribution in [0.3, 0.4) is 0 Å². The van der Waals surface area contributed by atoms with Crippen molar-refractivity contribution >= 4 is 39.2 Å². The highest BCUT2D eigenvalue weighted by atomic mass is 35.5. The smallest absolute Gasteiger partial charge is 0.245 e. The first-order valence-electron chi connectivity index (χ1n) is 14.4. The first-order valence-corrected chi connectivity index (χ1v) is 16.3. The number of sulfonamides is 1. The maximum atomic E-state index is 13.4. The Morgan fingerprint density at radius 2 is 1.78 bits per heavy atom. The highest BCUT2D eigenvalue weighted by Gasteiger charge is 2.30. The Bertz CT molecular complexity index is 1410. The third-order valence-corrected chi connectivity index (χ3v) is 10.1. The number of benzene rings is 2. The van der Waals surface area contributed by atoms with Crippen LogP contribution in [0.4, 0.5) is 11.4 Å². The fourth-order valence-electron chi connectivity index (χ4n) is 5.69. The SMILES string of the molecule is Cc1cc(NC2N=CC(Cl)=C(Nc3ccccc3S(=O)(=O)N3CCCC3)N2)c(OC(C)C)cc1C1CCN(C)CC1. The zero-order valence-electron chi connectivity index (χ0n) is 24.3. The van der Waals surface area contributed by atoms with Crippen LogP contribution in [-0.4, -0.2) is 69.5 Å². The Kier molecular flexibility index (Phi) is 9.13. The molecule has 1 unspecified atom stereocenters. The van der Waals surface area contributed by atoms with Crippen molar-refractivity contribution in [2.75, 3.05) is 43.9 Å². The number of piperidine rings is 1. The van der Waals surface area contributed by atoms with Crippen LogP contribution in [0.5, 0.6) is 5.75 Å². The standard InChI is InChI=1S/C30H41ClN6O3S/c1-20(2)40-27-18-23(22-11-15-36(4)16-12-22)21(3)17-26(27)34-30-32-19-24(31)29(35-30)33-25-9-5-6-10-28(25)41(38,39)37-13-7-8-14-37/h5-6,9-10,17-20,22,30,33-35H,7-8,11-16H2,1-4H3. The van der Waals surface area contributed by atoms with Crippen molar-refractivity contribution in [1.29, 1.82) is 0 Å². The summed E-state index contributed by atoms with van der Waals surface area (Å²) in [6.07, 6.45) is 5.03. The summed E-state index contributed by atoms with van der Waals surface area (Å²) in [4.78, 5) is 7.14. The molecule has 1 atom stereocenters. The van der Waals surface area contributed by atoms with E-state index in [9.17, 15) is 8.42 Å². The van der Waals surface area contributed by atoms with Crippen molar-refractivity contribution in [3.63, 3.8) is 0 Å². The van der Waals surface area contributed by atoms with Gasteiger partial charge in [-0.15, -0.1) is 0 Å². The largest absolute Gasteiger partial charge is 0.489 e. The van der Waals surface area contributed by atoms with Gasteiger partial charge in [-0.3, -0.25) is 0 Å². The molecule has 0 bridgehead atoms. The lowest BCUT2D eigenvalue weighted by Gasteiger charge is -2.31. The second-order valence-corrected chi connectivity index (χ2v) is 13.7. The minimum atomic E-state index is -3.63. The topological polar surface area (TPSA) is 98.3 Å². The van der Waals surface area contributed by atoms with E-state index in [4.69, 9.17) is 16.3 Å². The number of nitrogens with zero attached hydrogens (tertiary/aromatic N) is 3. The van der Waals surface area contributed by atoms with Gasteiger partial charge in [-0.25, -0.2) is 13.4 Å². The van der Waals surface area contributed by atoms with Crippen LogP contribution in [0.25, 0.3) is 0 Å². The molecule has 0 aromatic heterocycles. The Morgan fingerprint density at radius 1 is 1.07 bits per heavy atom. The number of anilines is 2. The van der Waals surface area contributed by atoms with Gasteiger partial charge in [0.05, 0.1) is 22.5 Å². The van der Waals surface area contributed by atoms with Crippen molar-refractivity contribution in [3.05, 3.63) is 58.4 Å². The maximum absolute atomic E-state index is 13.4. The molecule has 41 heavy (non-hydrogen) atoms. The Hall–Kier alpha value is -2.79. The summed E-state index contributed by atoms with van der Waals surface area (Å²) in [6.45, 7) is 9.45. The molecule has 5 rings (SSSR count). The van der Waals surface area contributed by atoms with E-state index in [2.05, 4.69) is 51.9 Å². The highest BCUT2D eigenvalue weighted by Crippen LogP contribution is 2.37. The fourth-order valence-corrected chi connectivity index (χ4v) is 7.51. The first kappa shape index (κ1) is 29.7. The molecule has 3 aliphatic rings. The summed E-state index contributed by atoms with van der Waals surface area (Å²) in [5, 5.41) is 10.3. The summed E-state index contributed by atoms with van der Waals surface area (Å²) in [7, 11) is -1.45. The molecule has 2 saturated heterocycles. The normalized spacial score (nSPS) is 20.9. The van der Waals surface area contributed by atoms with Crippen LogP contribution in [0, 0.1) is 6.92 Å². The Morgan fingerprint density at radius 3 is 2.49 bits per heavy atom. The molecule has 0 saturated carbocycles. The van der Waals surface area contributed by atoms with E-state index in [0.717, 1.165) is 50.2 Å². The number of nitrogens with one attached hydrogen (secondary N) is 3. The fraction of sp³-hybridized carbons (Fsp3) is 0.500. The molecule has 3 heterocycles. The molecule has 2 aromatic carbocycles. The minimum Gasteiger partial charge on any atom is -0.489 e. The third kappa shape index (κ3) is 6.83. The van der Waals surface area contributed by atoms with E-state index in [-0.39, 0.29) is 11.0 Å².